The molecule has 1 aromatic carbocycles. The first-order valence-corrected chi connectivity index (χ1v) is 6.01. The summed E-state index contributed by atoms with van der Waals surface area (Å²) < 4.78 is 0. The number of imide groups is 1. The molecule has 0 spiro atoms. The Morgan fingerprint density at radius 1 is 1.39 bits per heavy atom. The van der Waals surface area contributed by atoms with Crippen LogP contribution in [0.25, 0.3) is 0 Å². The molecular weight excluding hydrogens is 254 g/mol. The minimum atomic E-state index is -0.536. The number of nitrogens with one attached hydrogen (secondary N) is 3. The van der Waals surface area contributed by atoms with Crippen molar-refractivity contribution < 1.29 is 9.59 Å². The van der Waals surface area contributed by atoms with Gasteiger partial charge in [-0.2, -0.15) is 0 Å². The van der Waals surface area contributed by atoms with E-state index in [9.17, 15) is 9.59 Å². The molecule has 5 nitrogen and oxygen atoms in total. The van der Waals surface area contributed by atoms with Gasteiger partial charge in [-0.3, -0.25) is 10.1 Å². The molecule has 1 unspecified atom stereocenters. The van der Waals surface area contributed by atoms with Crippen molar-refractivity contribution in [1.29, 1.82) is 0 Å². The summed E-state index contributed by atoms with van der Waals surface area (Å²) in [4.78, 5) is 22.8. The maximum atomic E-state index is 11.7. The molecule has 98 valence electrons. The van der Waals surface area contributed by atoms with Crippen molar-refractivity contribution in [3.8, 4) is 0 Å². The molecule has 0 aliphatic carbocycles. The first kappa shape index (κ1) is 14.3. The molecule has 1 atom stereocenters. The Kier molecular flexibility index (Phi) is 5.45. The van der Waals surface area contributed by atoms with Gasteiger partial charge in [0.2, 0.25) is 5.91 Å². The molecule has 0 aromatic heterocycles. The van der Waals surface area contributed by atoms with Crippen molar-refractivity contribution in [3.05, 3.63) is 29.3 Å². The highest BCUT2D eigenvalue weighted by Crippen LogP contribution is 2.15. The van der Waals surface area contributed by atoms with E-state index in [0.29, 0.717) is 11.6 Å². The number of rotatable bonds is 4. The molecule has 0 radical (unpaired) electrons. The van der Waals surface area contributed by atoms with E-state index in [-0.39, 0.29) is 0 Å². The van der Waals surface area contributed by atoms with Gasteiger partial charge >= 0.3 is 6.03 Å². The lowest BCUT2D eigenvalue weighted by molar-refractivity contribution is -0.120. The second-order valence-electron chi connectivity index (χ2n) is 3.73. The van der Waals surface area contributed by atoms with E-state index in [4.69, 9.17) is 11.6 Å². The van der Waals surface area contributed by atoms with Gasteiger partial charge < -0.3 is 10.6 Å². The number of anilines is 1. The Morgan fingerprint density at radius 3 is 2.72 bits per heavy atom. The Morgan fingerprint density at radius 2 is 2.11 bits per heavy atom. The normalized spacial score (nSPS) is 11.5. The van der Waals surface area contributed by atoms with Gasteiger partial charge in [-0.05, 0) is 32.0 Å². The van der Waals surface area contributed by atoms with Crippen LogP contribution in [0.1, 0.15) is 13.8 Å². The van der Waals surface area contributed by atoms with Crippen LogP contribution in [0.5, 0.6) is 0 Å². The molecule has 0 aliphatic heterocycles. The highest BCUT2D eigenvalue weighted by atomic mass is 35.5. The fourth-order valence-electron chi connectivity index (χ4n) is 1.32. The van der Waals surface area contributed by atoms with Crippen LogP contribution in [0.2, 0.25) is 5.02 Å². The fourth-order valence-corrected chi connectivity index (χ4v) is 1.51. The van der Waals surface area contributed by atoms with Gasteiger partial charge in [0, 0.05) is 17.3 Å². The standard InChI is InChI=1S/C12H16ClN3O2/c1-3-14-12(18)16-11(17)8(2)15-10-6-4-5-9(13)7-10/h4-8,15H,3H2,1-2H3,(H2,14,16,17,18). The Hall–Kier alpha value is -1.75. The number of carbonyl (C=O) groups is 2. The number of amides is 3. The summed E-state index contributed by atoms with van der Waals surface area (Å²) >= 11 is 5.83. The highest BCUT2D eigenvalue weighted by Gasteiger charge is 2.15. The van der Waals surface area contributed by atoms with Crippen molar-refractivity contribution >= 4 is 29.2 Å². The highest BCUT2D eigenvalue weighted by molar-refractivity contribution is 6.30. The second-order valence-corrected chi connectivity index (χ2v) is 4.16. The predicted octanol–water partition coefficient (Wildman–Crippen LogP) is 1.99. The molecule has 0 fully saturated rings. The monoisotopic (exact) mass is 269 g/mol. The number of halogens is 1. The zero-order valence-corrected chi connectivity index (χ0v) is 11.0. The minimum absolute atomic E-state index is 0.402. The molecule has 0 aliphatic rings. The molecule has 3 N–H and O–H groups in total. The molecule has 0 saturated heterocycles. The first-order valence-electron chi connectivity index (χ1n) is 5.63. The van der Waals surface area contributed by atoms with E-state index in [2.05, 4.69) is 16.0 Å². The summed E-state index contributed by atoms with van der Waals surface area (Å²) in [5.74, 6) is -0.402. The zero-order valence-electron chi connectivity index (χ0n) is 10.3. The molecule has 0 bridgehead atoms. The third-order valence-electron chi connectivity index (χ3n) is 2.18. The summed E-state index contributed by atoms with van der Waals surface area (Å²) in [6.07, 6.45) is 0. The van der Waals surface area contributed by atoms with E-state index < -0.39 is 18.0 Å². The van der Waals surface area contributed by atoms with Gasteiger partial charge in [-0.15, -0.1) is 0 Å². The average molecular weight is 270 g/mol. The number of hydrogen-bond acceptors (Lipinski definition) is 3. The number of urea groups is 1. The summed E-state index contributed by atoms with van der Waals surface area (Å²) in [5, 5.41) is 8.25. The summed E-state index contributed by atoms with van der Waals surface area (Å²) in [7, 11) is 0. The van der Waals surface area contributed by atoms with Crippen molar-refractivity contribution in [2.45, 2.75) is 19.9 Å². The summed E-state index contributed by atoms with van der Waals surface area (Å²) in [6.45, 7) is 3.91. The minimum Gasteiger partial charge on any atom is -0.374 e. The van der Waals surface area contributed by atoms with Crippen LogP contribution in [-0.2, 0) is 4.79 Å². The fraction of sp³-hybridized carbons (Fsp3) is 0.333. The second kappa shape index (κ2) is 6.86. The first-order chi connectivity index (χ1) is 8.52. The molecule has 1 rings (SSSR count). The van der Waals surface area contributed by atoms with E-state index in [1.54, 1.807) is 38.1 Å². The van der Waals surface area contributed by atoms with E-state index in [0.717, 1.165) is 5.69 Å². The number of hydrogen-bond donors (Lipinski definition) is 3. The molecule has 1 aromatic rings. The maximum Gasteiger partial charge on any atom is 0.321 e. The Labute approximate surface area is 111 Å². The Bertz CT molecular complexity index is 437. The van der Waals surface area contributed by atoms with Crippen LogP contribution >= 0.6 is 11.6 Å². The number of carbonyl (C=O) groups excluding carboxylic acids is 2. The van der Waals surface area contributed by atoms with Crippen LogP contribution in [0.4, 0.5) is 10.5 Å². The quantitative estimate of drug-likeness (QED) is 0.783. The van der Waals surface area contributed by atoms with Crippen LogP contribution in [0.15, 0.2) is 24.3 Å². The van der Waals surface area contributed by atoms with Crippen LogP contribution in [0.3, 0.4) is 0 Å². The Balaban J connectivity index is 2.52. The zero-order chi connectivity index (χ0) is 13.5. The molecule has 18 heavy (non-hydrogen) atoms. The van der Waals surface area contributed by atoms with Crippen molar-refractivity contribution in [1.82, 2.24) is 10.6 Å². The summed E-state index contributed by atoms with van der Waals surface area (Å²) in [5.41, 5.74) is 0.723. The molecule has 0 saturated carbocycles. The van der Waals surface area contributed by atoms with Crippen molar-refractivity contribution in [3.63, 3.8) is 0 Å². The SMILES string of the molecule is CCNC(=O)NC(=O)C(C)Nc1cccc(Cl)c1. The maximum absolute atomic E-state index is 11.7. The van der Waals surface area contributed by atoms with Gasteiger partial charge in [-0.1, -0.05) is 17.7 Å². The largest absolute Gasteiger partial charge is 0.374 e. The van der Waals surface area contributed by atoms with E-state index >= 15 is 0 Å². The lowest BCUT2D eigenvalue weighted by Gasteiger charge is -2.14. The average Bonchev–Trinajstić information content (AvgIpc) is 2.29. The summed E-state index contributed by atoms with van der Waals surface area (Å²) in [6, 6.07) is 5.98. The third-order valence-corrected chi connectivity index (χ3v) is 2.41. The smallest absolute Gasteiger partial charge is 0.321 e. The molecule has 6 heteroatoms. The lowest BCUT2D eigenvalue weighted by Crippen LogP contribution is -2.45. The van der Waals surface area contributed by atoms with E-state index in [1.165, 1.54) is 0 Å². The molecular formula is C12H16ClN3O2. The van der Waals surface area contributed by atoms with Crippen LogP contribution < -0.4 is 16.0 Å². The topological polar surface area (TPSA) is 70.2 Å². The van der Waals surface area contributed by atoms with Gasteiger partial charge in [0.25, 0.3) is 0 Å². The van der Waals surface area contributed by atoms with Crippen molar-refractivity contribution in [2.24, 2.45) is 0 Å². The van der Waals surface area contributed by atoms with Gasteiger partial charge in [0.15, 0.2) is 0 Å². The van der Waals surface area contributed by atoms with Crippen molar-refractivity contribution in [2.75, 3.05) is 11.9 Å². The number of benzene rings is 1. The third kappa shape index (κ3) is 4.63. The van der Waals surface area contributed by atoms with Crippen LogP contribution in [0, 0.1) is 0 Å². The van der Waals surface area contributed by atoms with E-state index in [1.807, 2.05) is 0 Å². The molecule has 0 heterocycles. The van der Waals surface area contributed by atoms with Gasteiger partial charge in [0.1, 0.15) is 6.04 Å². The lowest BCUT2D eigenvalue weighted by atomic mass is 10.2. The molecule has 3 amide bonds. The van der Waals surface area contributed by atoms with Crippen LogP contribution in [-0.4, -0.2) is 24.5 Å². The van der Waals surface area contributed by atoms with Gasteiger partial charge in [0.05, 0.1) is 0 Å². The predicted molar refractivity (Wildman–Crippen MR) is 71.8 cm³/mol. The van der Waals surface area contributed by atoms with Gasteiger partial charge in [-0.25, -0.2) is 4.79 Å².